The van der Waals surface area contributed by atoms with Crippen LogP contribution < -0.4 is 10.6 Å². The van der Waals surface area contributed by atoms with Crippen LogP contribution in [0.4, 0.5) is 5.82 Å². The molecule has 110 valence electrons. The predicted molar refractivity (Wildman–Crippen MR) is 83.4 cm³/mol. The van der Waals surface area contributed by atoms with Crippen molar-refractivity contribution in [3.05, 3.63) is 52.7 Å². The van der Waals surface area contributed by atoms with E-state index in [0.29, 0.717) is 23.1 Å². The van der Waals surface area contributed by atoms with Gasteiger partial charge < -0.3 is 10.6 Å². The molecule has 1 aromatic heterocycles. The molecule has 0 aliphatic heterocycles. The fourth-order valence-corrected chi connectivity index (χ4v) is 1.91. The summed E-state index contributed by atoms with van der Waals surface area (Å²) in [5.74, 6) is 0.367. The van der Waals surface area contributed by atoms with Gasteiger partial charge in [-0.05, 0) is 37.6 Å². The van der Waals surface area contributed by atoms with Crippen molar-refractivity contribution in [3.63, 3.8) is 0 Å². The highest BCUT2D eigenvalue weighted by Crippen LogP contribution is 2.16. The third-order valence-electron chi connectivity index (χ3n) is 2.73. The van der Waals surface area contributed by atoms with E-state index in [1.165, 1.54) is 0 Å². The van der Waals surface area contributed by atoms with E-state index < -0.39 is 0 Å². The SMILES string of the molecule is CC(C)NC(=O)c1ccc(NCc2ccccc2Cl)nn1. The molecule has 0 radical (unpaired) electrons. The van der Waals surface area contributed by atoms with Crippen molar-refractivity contribution in [2.75, 3.05) is 5.32 Å². The van der Waals surface area contributed by atoms with E-state index in [2.05, 4.69) is 20.8 Å². The van der Waals surface area contributed by atoms with Gasteiger partial charge in [0.15, 0.2) is 5.69 Å². The Balaban J connectivity index is 1.97. The minimum Gasteiger partial charge on any atom is -0.364 e. The molecule has 0 saturated carbocycles. The first-order valence-electron chi connectivity index (χ1n) is 6.68. The number of anilines is 1. The molecule has 2 N–H and O–H groups in total. The third-order valence-corrected chi connectivity index (χ3v) is 3.10. The average molecular weight is 305 g/mol. The number of aromatic nitrogens is 2. The van der Waals surface area contributed by atoms with Crippen LogP contribution >= 0.6 is 11.6 Å². The Morgan fingerprint density at radius 3 is 2.57 bits per heavy atom. The first-order valence-corrected chi connectivity index (χ1v) is 7.06. The molecule has 0 unspecified atom stereocenters. The maximum Gasteiger partial charge on any atom is 0.271 e. The molecule has 0 aliphatic rings. The van der Waals surface area contributed by atoms with Gasteiger partial charge in [0, 0.05) is 17.6 Å². The summed E-state index contributed by atoms with van der Waals surface area (Å²) in [4.78, 5) is 11.7. The molecule has 1 heterocycles. The van der Waals surface area contributed by atoms with Gasteiger partial charge in [-0.1, -0.05) is 29.8 Å². The zero-order valence-electron chi connectivity index (χ0n) is 11.9. The summed E-state index contributed by atoms with van der Waals surface area (Å²) in [6.07, 6.45) is 0. The number of halogens is 1. The van der Waals surface area contributed by atoms with Gasteiger partial charge in [-0.25, -0.2) is 0 Å². The number of carbonyl (C=O) groups excluding carboxylic acids is 1. The molecule has 0 atom stereocenters. The lowest BCUT2D eigenvalue weighted by Gasteiger charge is -2.09. The van der Waals surface area contributed by atoms with Crippen molar-refractivity contribution in [3.8, 4) is 0 Å². The van der Waals surface area contributed by atoms with E-state index >= 15 is 0 Å². The predicted octanol–water partition coefficient (Wildman–Crippen LogP) is 2.88. The monoisotopic (exact) mass is 304 g/mol. The molecule has 0 fully saturated rings. The molecule has 2 aromatic rings. The van der Waals surface area contributed by atoms with Crippen LogP contribution in [0.1, 0.15) is 29.9 Å². The second-order valence-electron chi connectivity index (χ2n) is 4.88. The molecule has 0 spiro atoms. The maximum atomic E-state index is 11.7. The van der Waals surface area contributed by atoms with Gasteiger partial charge in [0.05, 0.1) is 0 Å². The first-order chi connectivity index (χ1) is 10.1. The van der Waals surface area contributed by atoms with Gasteiger partial charge in [-0.15, -0.1) is 10.2 Å². The summed E-state index contributed by atoms with van der Waals surface area (Å²) in [6, 6.07) is 11.0. The standard InChI is InChI=1S/C15H17ClN4O/c1-10(2)18-15(21)13-7-8-14(20-19-13)17-9-11-5-3-4-6-12(11)16/h3-8,10H,9H2,1-2H3,(H,17,20)(H,18,21). The number of carbonyl (C=O) groups is 1. The molecule has 0 saturated heterocycles. The quantitative estimate of drug-likeness (QED) is 0.891. The molecule has 6 heteroatoms. The Morgan fingerprint density at radius 1 is 1.19 bits per heavy atom. The Labute approximate surface area is 128 Å². The van der Waals surface area contributed by atoms with E-state index in [1.807, 2.05) is 38.1 Å². The van der Waals surface area contributed by atoms with Gasteiger partial charge in [0.25, 0.3) is 5.91 Å². The summed E-state index contributed by atoms with van der Waals surface area (Å²) in [5.41, 5.74) is 1.27. The van der Waals surface area contributed by atoms with Crippen LogP contribution in [-0.2, 0) is 6.54 Å². The highest BCUT2D eigenvalue weighted by atomic mass is 35.5. The summed E-state index contributed by atoms with van der Waals surface area (Å²) in [7, 11) is 0. The van der Waals surface area contributed by atoms with Gasteiger partial charge in [-0.2, -0.15) is 0 Å². The molecule has 0 aliphatic carbocycles. The van der Waals surface area contributed by atoms with E-state index in [1.54, 1.807) is 12.1 Å². The number of rotatable bonds is 5. The number of nitrogens with one attached hydrogen (secondary N) is 2. The fraction of sp³-hybridized carbons (Fsp3) is 0.267. The Bertz CT molecular complexity index is 613. The van der Waals surface area contributed by atoms with Crippen molar-refractivity contribution in [1.82, 2.24) is 15.5 Å². The van der Waals surface area contributed by atoms with Crippen LogP contribution in [0.25, 0.3) is 0 Å². The first kappa shape index (κ1) is 15.3. The van der Waals surface area contributed by atoms with Crippen LogP contribution in [0.5, 0.6) is 0 Å². The van der Waals surface area contributed by atoms with Crippen molar-refractivity contribution < 1.29 is 4.79 Å². The van der Waals surface area contributed by atoms with E-state index in [4.69, 9.17) is 11.6 Å². The third kappa shape index (κ3) is 4.43. The Kier molecular flexibility index (Phi) is 5.11. The number of hydrogen-bond acceptors (Lipinski definition) is 4. The second kappa shape index (κ2) is 7.04. The van der Waals surface area contributed by atoms with Crippen LogP contribution in [0.15, 0.2) is 36.4 Å². The number of hydrogen-bond donors (Lipinski definition) is 2. The molecule has 1 amide bonds. The topological polar surface area (TPSA) is 66.9 Å². The zero-order chi connectivity index (χ0) is 15.2. The van der Waals surface area contributed by atoms with Crippen molar-refractivity contribution in [2.45, 2.75) is 26.4 Å². The molecular weight excluding hydrogens is 288 g/mol. The summed E-state index contributed by atoms with van der Waals surface area (Å²) < 4.78 is 0. The lowest BCUT2D eigenvalue weighted by atomic mass is 10.2. The lowest BCUT2D eigenvalue weighted by Crippen LogP contribution is -2.30. The van der Waals surface area contributed by atoms with Crippen LogP contribution in [0.2, 0.25) is 5.02 Å². The maximum absolute atomic E-state index is 11.7. The number of amides is 1. The smallest absolute Gasteiger partial charge is 0.271 e. The zero-order valence-corrected chi connectivity index (χ0v) is 12.7. The van der Waals surface area contributed by atoms with Crippen LogP contribution in [0, 0.1) is 0 Å². The van der Waals surface area contributed by atoms with Crippen molar-refractivity contribution in [1.29, 1.82) is 0 Å². The summed E-state index contributed by atoms with van der Waals surface area (Å²) in [6.45, 7) is 4.33. The molecule has 21 heavy (non-hydrogen) atoms. The van der Waals surface area contributed by atoms with Crippen LogP contribution in [-0.4, -0.2) is 22.1 Å². The van der Waals surface area contributed by atoms with E-state index in [-0.39, 0.29) is 11.9 Å². The van der Waals surface area contributed by atoms with E-state index in [9.17, 15) is 4.79 Å². The highest BCUT2D eigenvalue weighted by molar-refractivity contribution is 6.31. The Hall–Kier alpha value is -2.14. The van der Waals surface area contributed by atoms with E-state index in [0.717, 1.165) is 5.56 Å². The van der Waals surface area contributed by atoms with Crippen molar-refractivity contribution in [2.24, 2.45) is 0 Å². The Morgan fingerprint density at radius 2 is 1.95 bits per heavy atom. The summed E-state index contributed by atoms with van der Waals surface area (Å²) >= 11 is 6.08. The fourth-order valence-electron chi connectivity index (χ4n) is 1.71. The normalized spacial score (nSPS) is 10.5. The minimum absolute atomic E-state index is 0.0670. The molecular formula is C15H17ClN4O. The number of benzene rings is 1. The average Bonchev–Trinajstić information content (AvgIpc) is 2.46. The summed E-state index contributed by atoms with van der Waals surface area (Å²) in [5, 5.41) is 14.5. The molecule has 0 bridgehead atoms. The lowest BCUT2D eigenvalue weighted by molar-refractivity contribution is 0.0937. The molecule has 5 nitrogen and oxygen atoms in total. The van der Waals surface area contributed by atoms with Gasteiger partial charge in [-0.3, -0.25) is 4.79 Å². The highest BCUT2D eigenvalue weighted by Gasteiger charge is 2.09. The van der Waals surface area contributed by atoms with Gasteiger partial charge >= 0.3 is 0 Å². The van der Waals surface area contributed by atoms with Crippen molar-refractivity contribution >= 4 is 23.3 Å². The molecule has 1 aromatic carbocycles. The van der Waals surface area contributed by atoms with Gasteiger partial charge in [0.1, 0.15) is 5.82 Å². The van der Waals surface area contributed by atoms with Crippen LogP contribution in [0.3, 0.4) is 0 Å². The largest absolute Gasteiger partial charge is 0.364 e. The molecule has 2 rings (SSSR count). The minimum atomic E-state index is -0.227. The van der Waals surface area contributed by atoms with Gasteiger partial charge in [0.2, 0.25) is 0 Å². The number of nitrogens with zero attached hydrogens (tertiary/aromatic N) is 2. The second-order valence-corrected chi connectivity index (χ2v) is 5.28.